The Balaban J connectivity index is 0.967. The molecular weight excluding hydrogens is 907 g/mol. The molecular formula is C72H49N3. The predicted molar refractivity (Wildman–Crippen MR) is 317 cm³/mol. The summed E-state index contributed by atoms with van der Waals surface area (Å²) in [5, 5.41) is 4.90. The van der Waals surface area contributed by atoms with Gasteiger partial charge in [-0.2, -0.15) is 0 Å². The van der Waals surface area contributed by atoms with Gasteiger partial charge in [0.2, 0.25) is 0 Å². The van der Waals surface area contributed by atoms with Gasteiger partial charge in [-0.3, -0.25) is 0 Å². The average molecular weight is 956 g/mol. The zero-order chi connectivity index (χ0) is 49.7. The van der Waals surface area contributed by atoms with Gasteiger partial charge in [-0.15, -0.1) is 0 Å². The number of hydrogen-bond acceptors (Lipinski definition) is 1. The lowest BCUT2D eigenvalue weighted by molar-refractivity contribution is 1.18. The van der Waals surface area contributed by atoms with Gasteiger partial charge in [0.05, 0.1) is 22.1 Å². The van der Waals surface area contributed by atoms with Gasteiger partial charge in [0.15, 0.2) is 0 Å². The molecule has 0 aliphatic rings. The summed E-state index contributed by atoms with van der Waals surface area (Å²) < 4.78 is 4.86. The van der Waals surface area contributed by atoms with Gasteiger partial charge in [-0.1, -0.05) is 194 Å². The van der Waals surface area contributed by atoms with Crippen LogP contribution in [0.15, 0.2) is 297 Å². The number of nitrogens with zero attached hydrogens (tertiary/aromatic N) is 3. The van der Waals surface area contributed by atoms with Crippen molar-refractivity contribution in [2.75, 3.05) is 4.90 Å². The van der Waals surface area contributed by atoms with Crippen LogP contribution in [0.2, 0.25) is 0 Å². The molecule has 2 heterocycles. The van der Waals surface area contributed by atoms with Crippen LogP contribution < -0.4 is 4.90 Å². The lowest BCUT2D eigenvalue weighted by atomic mass is 9.90. The van der Waals surface area contributed by atoms with E-state index in [2.05, 4.69) is 311 Å². The minimum Gasteiger partial charge on any atom is -0.311 e. The average Bonchev–Trinajstić information content (AvgIpc) is 4.02. The number of para-hydroxylation sites is 4. The zero-order valence-corrected chi connectivity index (χ0v) is 41.1. The summed E-state index contributed by atoms with van der Waals surface area (Å²) in [7, 11) is 0. The smallest absolute Gasteiger partial charge is 0.0547 e. The van der Waals surface area contributed by atoms with E-state index in [1.54, 1.807) is 0 Å². The fraction of sp³-hybridized carbons (Fsp3) is 0. The molecule has 3 nitrogen and oxygen atoms in total. The Kier molecular flexibility index (Phi) is 10.8. The summed E-state index contributed by atoms with van der Waals surface area (Å²) in [6.07, 6.45) is 0. The first kappa shape index (κ1) is 43.8. The Morgan fingerprint density at radius 1 is 0.213 bits per heavy atom. The van der Waals surface area contributed by atoms with E-state index in [-0.39, 0.29) is 0 Å². The maximum atomic E-state index is 2.43. The Morgan fingerprint density at radius 2 is 0.533 bits per heavy atom. The van der Waals surface area contributed by atoms with Crippen molar-refractivity contribution in [3.8, 4) is 67.0 Å². The fourth-order valence-electron chi connectivity index (χ4n) is 11.5. The van der Waals surface area contributed by atoms with Crippen LogP contribution in [0.25, 0.3) is 111 Å². The summed E-state index contributed by atoms with van der Waals surface area (Å²) in [5.41, 5.74) is 22.1. The summed E-state index contributed by atoms with van der Waals surface area (Å²) >= 11 is 0. The van der Waals surface area contributed by atoms with E-state index in [9.17, 15) is 0 Å². The molecule has 2 aromatic heterocycles. The maximum absolute atomic E-state index is 2.43. The van der Waals surface area contributed by atoms with E-state index >= 15 is 0 Å². The van der Waals surface area contributed by atoms with Crippen LogP contribution in [-0.2, 0) is 0 Å². The Morgan fingerprint density at radius 3 is 0.973 bits per heavy atom. The molecule has 0 bridgehead atoms. The number of rotatable bonds is 10. The fourth-order valence-corrected chi connectivity index (χ4v) is 11.5. The third kappa shape index (κ3) is 7.78. The van der Waals surface area contributed by atoms with Crippen molar-refractivity contribution in [2.24, 2.45) is 0 Å². The molecule has 14 rings (SSSR count). The van der Waals surface area contributed by atoms with Crippen molar-refractivity contribution in [3.63, 3.8) is 0 Å². The van der Waals surface area contributed by atoms with Gasteiger partial charge >= 0.3 is 0 Å². The van der Waals surface area contributed by atoms with E-state index < -0.39 is 0 Å². The minimum absolute atomic E-state index is 1.09. The van der Waals surface area contributed by atoms with Crippen LogP contribution in [0, 0.1) is 0 Å². The molecule has 0 amide bonds. The van der Waals surface area contributed by atoms with Crippen LogP contribution in [0.5, 0.6) is 0 Å². The molecule has 0 aliphatic carbocycles. The second-order valence-corrected chi connectivity index (χ2v) is 19.3. The van der Waals surface area contributed by atoms with E-state index in [1.165, 1.54) is 77.0 Å². The number of aromatic nitrogens is 2. The van der Waals surface area contributed by atoms with Crippen molar-refractivity contribution in [2.45, 2.75) is 0 Å². The monoisotopic (exact) mass is 955 g/mol. The van der Waals surface area contributed by atoms with Crippen LogP contribution >= 0.6 is 0 Å². The van der Waals surface area contributed by atoms with Crippen molar-refractivity contribution < 1.29 is 0 Å². The Bertz CT molecular complexity index is 4090. The molecule has 0 atom stereocenters. The van der Waals surface area contributed by atoms with Gasteiger partial charge < -0.3 is 14.0 Å². The predicted octanol–water partition coefficient (Wildman–Crippen LogP) is 19.7. The number of fused-ring (bicyclic) bond motifs is 6. The number of hydrogen-bond donors (Lipinski definition) is 0. The minimum atomic E-state index is 1.09. The molecule has 12 aromatic carbocycles. The SMILES string of the molecule is c1ccc(-c2ccc(-n3c4ccccc4c4c(-c5cc(-c6ccc(N(c7ccccc7)c7ccccc7)cc6)cc(-c6cccc7c6c6ccccc6n7-c6ccc(-c7ccccc7)cc6)c5)cccc43)cc2)cc1. The lowest BCUT2D eigenvalue weighted by Crippen LogP contribution is -2.09. The summed E-state index contributed by atoms with van der Waals surface area (Å²) in [6.45, 7) is 0. The van der Waals surface area contributed by atoms with Crippen molar-refractivity contribution in [1.29, 1.82) is 0 Å². The summed E-state index contributed by atoms with van der Waals surface area (Å²) in [5.74, 6) is 0. The maximum Gasteiger partial charge on any atom is 0.0547 e. The van der Waals surface area contributed by atoms with Gasteiger partial charge in [-0.05, 0) is 159 Å². The second-order valence-electron chi connectivity index (χ2n) is 19.3. The van der Waals surface area contributed by atoms with Crippen LogP contribution in [0.4, 0.5) is 17.1 Å². The van der Waals surface area contributed by atoms with Crippen LogP contribution in [0.1, 0.15) is 0 Å². The lowest BCUT2D eigenvalue weighted by Gasteiger charge is -2.25. The van der Waals surface area contributed by atoms with Gasteiger partial charge in [0, 0.05) is 50.0 Å². The van der Waals surface area contributed by atoms with E-state index in [1.807, 2.05) is 0 Å². The largest absolute Gasteiger partial charge is 0.311 e. The highest BCUT2D eigenvalue weighted by atomic mass is 15.1. The quantitative estimate of drug-likeness (QED) is 0.133. The number of benzene rings is 12. The Labute approximate surface area is 436 Å². The Hall–Kier alpha value is -9.96. The van der Waals surface area contributed by atoms with Crippen molar-refractivity contribution in [1.82, 2.24) is 9.13 Å². The molecule has 0 saturated carbocycles. The van der Waals surface area contributed by atoms with E-state index in [0.717, 1.165) is 50.7 Å². The third-order valence-corrected chi connectivity index (χ3v) is 14.9. The molecule has 0 radical (unpaired) electrons. The van der Waals surface area contributed by atoms with Gasteiger partial charge in [-0.25, -0.2) is 0 Å². The highest BCUT2D eigenvalue weighted by molar-refractivity contribution is 6.18. The summed E-state index contributed by atoms with van der Waals surface area (Å²) in [4.78, 5) is 2.32. The normalized spacial score (nSPS) is 11.5. The molecule has 0 saturated heterocycles. The molecule has 0 unspecified atom stereocenters. The van der Waals surface area contributed by atoms with E-state index in [0.29, 0.717) is 0 Å². The molecule has 352 valence electrons. The van der Waals surface area contributed by atoms with Crippen LogP contribution in [0.3, 0.4) is 0 Å². The highest BCUT2D eigenvalue weighted by Gasteiger charge is 2.21. The molecule has 14 aromatic rings. The van der Waals surface area contributed by atoms with Crippen molar-refractivity contribution >= 4 is 60.7 Å². The van der Waals surface area contributed by atoms with Gasteiger partial charge in [0.25, 0.3) is 0 Å². The molecule has 0 spiro atoms. The molecule has 0 aliphatic heterocycles. The molecule has 0 N–H and O–H groups in total. The van der Waals surface area contributed by atoms with Crippen molar-refractivity contribution in [3.05, 3.63) is 297 Å². The van der Waals surface area contributed by atoms with Crippen LogP contribution in [-0.4, -0.2) is 9.13 Å². The molecule has 75 heavy (non-hydrogen) atoms. The second kappa shape index (κ2) is 18.6. The first-order valence-corrected chi connectivity index (χ1v) is 25.7. The number of anilines is 3. The van der Waals surface area contributed by atoms with Gasteiger partial charge in [0.1, 0.15) is 0 Å². The zero-order valence-electron chi connectivity index (χ0n) is 41.1. The first-order valence-electron chi connectivity index (χ1n) is 25.7. The topological polar surface area (TPSA) is 13.1 Å². The summed E-state index contributed by atoms with van der Waals surface area (Å²) in [6, 6.07) is 108. The van der Waals surface area contributed by atoms with E-state index in [4.69, 9.17) is 0 Å². The third-order valence-electron chi connectivity index (χ3n) is 14.9. The molecule has 0 fully saturated rings. The standard InChI is InChI=1S/C72H49N3/c1-5-19-50(20-6-1)52-35-43-61(44-36-52)74-67-31-15-13-27-65(67)71-63(29-17-33-69(71)74)56-47-55(54-39-41-60(42-40-54)73(58-23-9-3-10-24-58)59-25-11-4-12-26-59)48-57(49-56)64-30-18-34-70-72(64)66-28-14-16-32-68(66)75(70)62-45-37-53(38-46-62)51-21-7-2-8-22-51/h1-49H. The highest BCUT2D eigenvalue weighted by Crippen LogP contribution is 2.45. The first-order chi connectivity index (χ1) is 37.2. The molecule has 3 heteroatoms.